The number of hydrogen-bond acceptors (Lipinski definition) is 5. The zero-order valence-electron chi connectivity index (χ0n) is 24.6. The average molecular weight is 572 g/mol. The van der Waals surface area contributed by atoms with E-state index in [4.69, 9.17) is 16.2 Å². The van der Waals surface area contributed by atoms with Crippen molar-refractivity contribution in [2.45, 2.75) is 111 Å². The van der Waals surface area contributed by atoms with Gasteiger partial charge in [-0.2, -0.15) is 13.2 Å². The largest absolute Gasteiger partial charge is 0.457 e. The summed E-state index contributed by atoms with van der Waals surface area (Å²) >= 11 is 0. The second-order valence-corrected chi connectivity index (χ2v) is 10.3. The molecule has 0 aliphatic heterocycles. The molecule has 228 valence electrons. The molecule has 1 fully saturated rings. The minimum atomic E-state index is -4.84. The number of hydrogen-bond donors (Lipinski definition) is 3. The third kappa shape index (κ3) is 11.9. The lowest BCUT2D eigenvalue weighted by Crippen LogP contribution is -2.36. The fraction of sp³-hybridized carbons (Fsp3) is 0.645. The van der Waals surface area contributed by atoms with Crippen molar-refractivity contribution in [1.29, 1.82) is 0 Å². The Morgan fingerprint density at radius 2 is 1.65 bits per heavy atom. The molecule has 1 aromatic carbocycles. The molecule has 2 rings (SSSR count). The van der Waals surface area contributed by atoms with Gasteiger partial charge in [0.2, 0.25) is 0 Å². The van der Waals surface area contributed by atoms with Crippen molar-refractivity contribution in [3.63, 3.8) is 0 Å². The number of carbonyl (C=O) groups is 1. The summed E-state index contributed by atoms with van der Waals surface area (Å²) in [6, 6.07) is 2.33. The van der Waals surface area contributed by atoms with Gasteiger partial charge in [0.15, 0.2) is 0 Å². The Morgan fingerprint density at radius 3 is 2.12 bits per heavy atom. The third-order valence-electron chi connectivity index (χ3n) is 7.04. The standard InChI is InChI=1S/C27H41F4N3O2.C4H8/c1-5-10-18(11-6-2)15-16-34-25(33)23(22(32)8-4)26(35)36-17-19(12-7-3)20-13-9-14-21(24(20)28)27(29,30)31;1-2-4-3-1/h9,12-14,18,22,34H,5-8,10-11,15-17,32-33H2,1-4H3;1-4H2/b19-12+,25-23+;. The number of halogens is 4. The molecule has 0 saturated heterocycles. The summed E-state index contributed by atoms with van der Waals surface area (Å²) in [6.07, 6.45) is 8.81. The van der Waals surface area contributed by atoms with E-state index in [1.54, 1.807) is 13.8 Å². The van der Waals surface area contributed by atoms with Gasteiger partial charge in [0.25, 0.3) is 0 Å². The molecule has 0 heterocycles. The molecule has 1 aliphatic carbocycles. The van der Waals surface area contributed by atoms with E-state index in [0.717, 1.165) is 38.2 Å². The van der Waals surface area contributed by atoms with Crippen LogP contribution in [-0.4, -0.2) is 25.2 Å². The number of nitrogens with one attached hydrogen (secondary N) is 1. The van der Waals surface area contributed by atoms with Gasteiger partial charge in [-0.1, -0.05) is 97.3 Å². The number of benzene rings is 1. The Hall–Kier alpha value is -2.55. The molecule has 1 saturated carbocycles. The highest BCUT2D eigenvalue weighted by Gasteiger charge is 2.35. The molecule has 1 aromatic rings. The summed E-state index contributed by atoms with van der Waals surface area (Å²) < 4.78 is 59.6. The van der Waals surface area contributed by atoms with Gasteiger partial charge < -0.3 is 21.5 Å². The van der Waals surface area contributed by atoms with E-state index >= 15 is 0 Å². The first-order chi connectivity index (χ1) is 19.0. The maximum absolute atomic E-state index is 14.7. The minimum Gasteiger partial charge on any atom is -0.457 e. The van der Waals surface area contributed by atoms with Crippen molar-refractivity contribution in [2.24, 2.45) is 17.4 Å². The van der Waals surface area contributed by atoms with Crippen LogP contribution in [0.15, 0.2) is 35.7 Å². The van der Waals surface area contributed by atoms with Gasteiger partial charge in [-0.05, 0) is 36.8 Å². The van der Waals surface area contributed by atoms with E-state index in [1.807, 2.05) is 0 Å². The van der Waals surface area contributed by atoms with Crippen LogP contribution in [0.2, 0.25) is 0 Å². The van der Waals surface area contributed by atoms with E-state index in [-0.39, 0.29) is 22.5 Å². The zero-order valence-corrected chi connectivity index (χ0v) is 24.6. The summed E-state index contributed by atoms with van der Waals surface area (Å²) in [7, 11) is 0. The number of carbonyl (C=O) groups excluding carboxylic acids is 1. The van der Waals surface area contributed by atoms with Crippen LogP contribution in [0, 0.1) is 11.7 Å². The van der Waals surface area contributed by atoms with Crippen molar-refractivity contribution in [3.8, 4) is 0 Å². The molecule has 1 aliphatic rings. The van der Waals surface area contributed by atoms with Gasteiger partial charge in [-0.3, -0.25) is 0 Å². The van der Waals surface area contributed by atoms with Crippen LogP contribution in [0.3, 0.4) is 0 Å². The van der Waals surface area contributed by atoms with Gasteiger partial charge in [-0.15, -0.1) is 0 Å². The van der Waals surface area contributed by atoms with Crippen LogP contribution in [0.5, 0.6) is 0 Å². The monoisotopic (exact) mass is 571 g/mol. The molecule has 0 spiro atoms. The second-order valence-electron chi connectivity index (χ2n) is 10.3. The Balaban J connectivity index is 0.00000182. The topological polar surface area (TPSA) is 90.4 Å². The molecule has 5 nitrogen and oxygen atoms in total. The normalized spacial score (nSPS) is 15.0. The smallest absolute Gasteiger partial charge is 0.419 e. The molecule has 40 heavy (non-hydrogen) atoms. The van der Waals surface area contributed by atoms with Gasteiger partial charge in [0.1, 0.15) is 18.2 Å². The maximum Gasteiger partial charge on any atom is 0.419 e. The zero-order chi connectivity index (χ0) is 30.1. The Kier molecular flexibility index (Phi) is 16.6. The number of rotatable bonds is 15. The predicted molar refractivity (Wildman–Crippen MR) is 155 cm³/mol. The van der Waals surface area contributed by atoms with Crippen molar-refractivity contribution in [2.75, 3.05) is 13.2 Å². The Labute approximate surface area is 237 Å². The van der Waals surface area contributed by atoms with Gasteiger partial charge in [0, 0.05) is 18.2 Å². The second kappa shape index (κ2) is 18.7. The molecule has 0 aromatic heterocycles. The molecule has 5 N–H and O–H groups in total. The highest BCUT2D eigenvalue weighted by atomic mass is 19.4. The van der Waals surface area contributed by atoms with E-state index in [1.165, 1.54) is 37.8 Å². The van der Waals surface area contributed by atoms with E-state index in [9.17, 15) is 22.4 Å². The highest BCUT2D eigenvalue weighted by molar-refractivity contribution is 5.91. The van der Waals surface area contributed by atoms with Crippen LogP contribution in [0.1, 0.15) is 109 Å². The number of allylic oxidation sites excluding steroid dienone is 1. The quantitative estimate of drug-likeness (QED) is 0.113. The van der Waals surface area contributed by atoms with Crippen LogP contribution in [-0.2, 0) is 15.7 Å². The number of ether oxygens (including phenoxy) is 1. The summed E-state index contributed by atoms with van der Waals surface area (Å²) in [5, 5.41) is 3.08. The number of alkyl halides is 3. The van der Waals surface area contributed by atoms with E-state index in [0.29, 0.717) is 31.4 Å². The third-order valence-corrected chi connectivity index (χ3v) is 7.04. The van der Waals surface area contributed by atoms with Crippen LogP contribution < -0.4 is 16.8 Å². The number of esters is 1. The van der Waals surface area contributed by atoms with Gasteiger partial charge in [-0.25, -0.2) is 9.18 Å². The minimum absolute atomic E-state index is 0.0698. The summed E-state index contributed by atoms with van der Waals surface area (Å²) in [4.78, 5) is 13.0. The lowest BCUT2D eigenvalue weighted by molar-refractivity contribution is -0.140. The molecule has 0 radical (unpaired) electrons. The molecule has 1 unspecified atom stereocenters. The first-order valence-corrected chi connectivity index (χ1v) is 14.7. The van der Waals surface area contributed by atoms with Crippen molar-refractivity contribution < 1.29 is 27.1 Å². The van der Waals surface area contributed by atoms with Crippen LogP contribution >= 0.6 is 0 Å². The molecule has 1 atom stereocenters. The summed E-state index contributed by atoms with van der Waals surface area (Å²) in [5.74, 6) is -1.52. The van der Waals surface area contributed by atoms with E-state index < -0.39 is 36.2 Å². The Bertz CT molecular complexity index is 946. The van der Waals surface area contributed by atoms with Gasteiger partial charge in [0.05, 0.1) is 11.1 Å². The van der Waals surface area contributed by atoms with Crippen LogP contribution in [0.25, 0.3) is 5.57 Å². The first-order valence-electron chi connectivity index (χ1n) is 14.7. The maximum atomic E-state index is 14.7. The summed E-state index contributed by atoms with van der Waals surface area (Å²) in [5.41, 5.74) is 10.9. The lowest BCUT2D eigenvalue weighted by Gasteiger charge is -2.20. The van der Waals surface area contributed by atoms with Crippen molar-refractivity contribution >= 4 is 11.5 Å². The molecule has 0 bridgehead atoms. The van der Waals surface area contributed by atoms with Crippen molar-refractivity contribution in [1.82, 2.24) is 5.32 Å². The average Bonchev–Trinajstić information content (AvgIpc) is 2.85. The summed E-state index contributed by atoms with van der Waals surface area (Å²) in [6.45, 7) is 7.98. The Morgan fingerprint density at radius 1 is 1.05 bits per heavy atom. The molecular formula is C31H49F4N3O2. The first kappa shape index (κ1) is 35.5. The fourth-order valence-electron chi connectivity index (χ4n) is 4.38. The predicted octanol–water partition coefficient (Wildman–Crippen LogP) is 7.85. The highest BCUT2D eigenvalue weighted by Crippen LogP contribution is 2.34. The lowest BCUT2D eigenvalue weighted by atomic mass is 9.95. The molecule has 9 heteroatoms. The van der Waals surface area contributed by atoms with Crippen LogP contribution in [0.4, 0.5) is 17.6 Å². The van der Waals surface area contributed by atoms with E-state index in [2.05, 4.69) is 19.2 Å². The molecule has 0 amide bonds. The fourth-order valence-corrected chi connectivity index (χ4v) is 4.38. The SMILES string of the molecule is C1CCC1.CC/C=C(\COC(=O)/C(=C(\N)NCCC(CCC)CCC)C(N)CC)c1cccc(C(F)(F)F)c1F. The van der Waals surface area contributed by atoms with Gasteiger partial charge >= 0.3 is 12.1 Å². The van der Waals surface area contributed by atoms with Crippen molar-refractivity contribution in [3.05, 3.63) is 52.6 Å². The molecular weight excluding hydrogens is 522 g/mol. The number of nitrogens with two attached hydrogens (primary N) is 2.